The number of aromatic amines is 1. The third-order valence-electron chi connectivity index (χ3n) is 3.04. The maximum absolute atomic E-state index is 11.0. The van der Waals surface area contributed by atoms with Gasteiger partial charge in [-0.3, -0.25) is 9.78 Å². The first-order valence-corrected chi connectivity index (χ1v) is 7.11. The van der Waals surface area contributed by atoms with Gasteiger partial charge < -0.3 is 5.11 Å². The van der Waals surface area contributed by atoms with E-state index >= 15 is 0 Å². The van der Waals surface area contributed by atoms with Crippen LogP contribution in [0.1, 0.15) is 0 Å². The Kier molecular flexibility index (Phi) is 4.52. The van der Waals surface area contributed by atoms with Gasteiger partial charge >= 0.3 is 0 Å². The number of benzene rings is 2. The number of aromatic nitrogens is 1. The fourth-order valence-corrected chi connectivity index (χ4v) is 1.84. The topological polar surface area (TPSA) is 103 Å². The lowest BCUT2D eigenvalue weighted by atomic mass is 10.3. The number of rotatable bonds is 4. The van der Waals surface area contributed by atoms with E-state index in [1.807, 2.05) is 30.3 Å². The number of azo groups is 2. The Bertz CT molecular complexity index is 931. The molecule has 1 aromatic heterocycles. The minimum atomic E-state index is -0.403. The van der Waals surface area contributed by atoms with Crippen molar-refractivity contribution in [2.75, 3.05) is 0 Å². The van der Waals surface area contributed by atoms with Gasteiger partial charge in [0.2, 0.25) is 5.88 Å². The maximum atomic E-state index is 11.0. The van der Waals surface area contributed by atoms with Crippen molar-refractivity contribution >= 4 is 22.7 Å². The fraction of sp³-hybridized carbons (Fsp3) is 0. The van der Waals surface area contributed by atoms with Crippen molar-refractivity contribution in [1.29, 1.82) is 0 Å². The van der Waals surface area contributed by atoms with Gasteiger partial charge in [0, 0.05) is 6.07 Å². The molecule has 1 heterocycles. The van der Waals surface area contributed by atoms with Crippen LogP contribution in [0, 0.1) is 0 Å². The van der Waals surface area contributed by atoms with E-state index in [9.17, 15) is 9.90 Å². The normalized spacial score (nSPS) is 11.3. The number of hydrogen-bond acceptors (Lipinski definition) is 6. The van der Waals surface area contributed by atoms with Crippen LogP contribution in [0.2, 0.25) is 0 Å². The number of nitrogens with zero attached hydrogens (tertiary/aromatic N) is 4. The first kappa shape index (κ1) is 15.3. The summed E-state index contributed by atoms with van der Waals surface area (Å²) in [4.78, 5) is 13.2. The predicted molar refractivity (Wildman–Crippen MR) is 90.0 cm³/mol. The molecule has 24 heavy (non-hydrogen) atoms. The highest BCUT2D eigenvalue weighted by atomic mass is 16.3. The standard InChI is InChI=1S/C17H13N5O2/c23-16-11-10-15(17(24)18-16)22-21-14-8-6-13(7-9-14)20-19-12-4-2-1-3-5-12/h1-11H,(H2,18,23,24). The van der Waals surface area contributed by atoms with Crippen LogP contribution in [0.15, 0.2) is 92.0 Å². The van der Waals surface area contributed by atoms with Gasteiger partial charge in [-0.25, -0.2) is 0 Å². The molecule has 0 saturated heterocycles. The molecule has 0 aliphatic heterocycles. The molecule has 7 heteroatoms. The molecule has 0 spiro atoms. The summed E-state index contributed by atoms with van der Waals surface area (Å²) >= 11 is 0. The Balaban J connectivity index is 1.71. The van der Waals surface area contributed by atoms with Gasteiger partial charge in [-0.2, -0.15) is 15.3 Å². The van der Waals surface area contributed by atoms with Crippen LogP contribution in [0.4, 0.5) is 22.7 Å². The lowest BCUT2D eigenvalue weighted by molar-refractivity contribution is 0.453. The Morgan fingerprint density at radius 1 is 0.667 bits per heavy atom. The van der Waals surface area contributed by atoms with Crippen LogP contribution in [0.3, 0.4) is 0 Å². The Hall–Kier alpha value is -3.61. The van der Waals surface area contributed by atoms with Gasteiger partial charge in [-0.15, -0.1) is 5.11 Å². The van der Waals surface area contributed by atoms with E-state index in [1.54, 1.807) is 24.3 Å². The molecule has 2 aromatic carbocycles. The molecule has 0 amide bonds. The van der Waals surface area contributed by atoms with E-state index in [2.05, 4.69) is 25.4 Å². The molecule has 3 aromatic rings. The Labute approximate surface area is 137 Å². The van der Waals surface area contributed by atoms with Crippen molar-refractivity contribution in [1.82, 2.24) is 4.98 Å². The van der Waals surface area contributed by atoms with E-state index < -0.39 is 5.56 Å². The second kappa shape index (κ2) is 7.10. The summed E-state index contributed by atoms with van der Waals surface area (Å²) in [6, 6.07) is 19.1. The molecule has 0 aliphatic rings. The monoisotopic (exact) mass is 319 g/mol. The average Bonchev–Trinajstić information content (AvgIpc) is 2.61. The lowest BCUT2D eigenvalue weighted by Crippen LogP contribution is -2.00. The second-order valence-corrected chi connectivity index (χ2v) is 4.81. The molecule has 0 bridgehead atoms. The highest BCUT2D eigenvalue weighted by Gasteiger charge is 2.00. The average molecular weight is 319 g/mol. The summed E-state index contributed by atoms with van der Waals surface area (Å²) in [6.07, 6.45) is 0. The molecule has 3 rings (SSSR count). The van der Waals surface area contributed by atoms with Gasteiger partial charge in [-0.05, 0) is 42.5 Å². The van der Waals surface area contributed by atoms with E-state index in [1.165, 1.54) is 12.1 Å². The van der Waals surface area contributed by atoms with E-state index in [4.69, 9.17) is 0 Å². The summed E-state index contributed by atoms with van der Waals surface area (Å²) < 4.78 is 0. The van der Waals surface area contributed by atoms with Crippen LogP contribution < -0.4 is 5.56 Å². The second-order valence-electron chi connectivity index (χ2n) is 4.81. The Morgan fingerprint density at radius 2 is 1.21 bits per heavy atom. The molecule has 0 fully saturated rings. The molecule has 2 N–H and O–H groups in total. The highest BCUT2D eigenvalue weighted by Crippen LogP contribution is 2.25. The van der Waals surface area contributed by atoms with Crippen LogP contribution in [-0.2, 0) is 0 Å². The summed E-state index contributed by atoms with van der Waals surface area (Å²) in [7, 11) is 0. The number of H-pyrrole nitrogens is 1. The summed E-state index contributed by atoms with van der Waals surface area (Å²) in [5.74, 6) is -0.320. The van der Waals surface area contributed by atoms with Crippen LogP contribution in [0.25, 0.3) is 0 Å². The van der Waals surface area contributed by atoms with E-state index in [0.717, 1.165) is 5.69 Å². The van der Waals surface area contributed by atoms with Crippen LogP contribution >= 0.6 is 0 Å². The van der Waals surface area contributed by atoms with Gasteiger partial charge in [-0.1, -0.05) is 18.2 Å². The fourth-order valence-electron chi connectivity index (χ4n) is 1.84. The largest absolute Gasteiger partial charge is 0.493 e. The molecule has 0 saturated carbocycles. The molecule has 0 aliphatic carbocycles. The number of pyridine rings is 1. The van der Waals surface area contributed by atoms with Crippen molar-refractivity contribution in [2.24, 2.45) is 20.5 Å². The lowest BCUT2D eigenvalue weighted by Gasteiger charge is -1.97. The first-order chi connectivity index (χ1) is 11.7. The quantitative estimate of drug-likeness (QED) is 0.667. The summed E-state index contributed by atoms with van der Waals surface area (Å²) in [5, 5.41) is 25.7. The maximum Gasteiger partial charge on any atom is 0.250 e. The number of aromatic hydroxyl groups is 1. The van der Waals surface area contributed by atoms with E-state index in [0.29, 0.717) is 11.4 Å². The van der Waals surface area contributed by atoms with Gasteiger partial charge in [0.05, 0.1) is 17.1 Å². The van der Waals surface area contributed by atoms with Crippen molar-refractivity contribution in [3.63, 3.8) is 0 Å². The molecular weight excluding hydrogens is 306 g/mol. The smallest absolute Gasteiger partial charge is 0.250 e. The van der Waals surface area contributed by atoms with Crippen LogP contribution in [0.5, 0.6) is 5.88 Å². The third kappa shape index (κ3) is 3.98. The van der Waals surface area contributed by atoms with Gasteiger partial charge in [0.1, 0.15) is 5.69 Å². The molecule has 0 atom stereocenters. The predicted octanol–water partition coefficient (Wildman–Crippen LogP) is 4.91. The van der Waals surface area contributed by atoms with Gasteiger partial charge in [0.25, 0.3) is 5.56 Å². The van der Waals surface area contributed by atoms with E-state index in [-0.39, 0.29) is 11.6 Å². The highest BCUT2D eigenvalue weighted by molar-refractivity contribution is 5.49. The van der Waals surface area contributed by atoms with Gasteiger partial charge in [0.15, 0.2) is 0 Å². The number of hydrogen-bond donors (Lipinski definition) is 2. The summed E-state index contributed by atoms with van der Waals surface area (Å²) in [6.45, 7) is 0. The zero-order valence-electron chi connectivity index (χ0n) is 12.5. The zero-order valence-corrected chi connectivity index (χ0v) is 12.5. The van der Waals surface area contributed by atoms with Crippen molar-refractivity contribution in [3.8, 4) is 5.88 Å². The molecule has 7 nitrogen and oxygen atoms in total. The molecule has 0 unspecified atom stereocenters. The first-order valence-electron chi connectivity index (χ1n) is 7.11. The van der Waals surface area contributed by atoms with Crippen LogP contribution in [-0.4, -0.2) is 10.1 Å². The van der Waals surface area contributed by atoms with Crippen molar-refractivity contribution in [2.45, 2.75) is 0 Å². The molecule has 0 radical (unpaired) electrons. The minimum absolute atomic E-state index is 0.183. The third-order valence-corrected chi connectivity index (χ3v) is 3.04. The van der Waals surface area contributed by atoms with Crippen molar-refractivity contribution < 1.29 is 5.11 Å². The molecule has 118 valence electrons. The van der Waals surface area contributed by atoms with Crippen molar-refractivity contribution in [3.05, 3.63) is 77.1 Å². The summed E-state index contributed by atoms with van der Waals surface area (Å²) in [5.41, 5.74) is 1.82. The zero-order chi connectivity index (χ0) is 16.8. The Morgan fingerprint density at radius 3 is 1.79 bits per heavy atom. The minimum Gasteiger partial charge on any atom is -0.493 e. The number of nitrogens with one attached hydrogen (secondary N) is 1. The SMILES string of the molecule is O=c1ccc(N=Nc2ccc(N=Nc3ccccc3)cc2)c(O)[nH]1. The molecular formula is C17H13N5O2.